The van der Waals surface area contributed by atoms with Gasteiger partial charge in [0, 0.05) is 15.2 Å². The molecule has 0 fully saturated rings. The first-order valence-corrected chi connectivity index (χ1v) is 8.56. The molecule has 21 heavy (non-hydrogen) atoms. The summed E-state index contributed by atoms with van der Waals surface area (Å²) in [6, 6.07) is 7.90. The number of halogens is 2. The van der Waals surface area contributed by atoms with Gasteiger partial charge < -0.3 is 0 Å². The molecule has 3 rings (SSSR count). The number of alkyl halides is 1. The zero-order valence-corrected chi connectivity index (χ0v) is 14.1. The second-order valence-corrected chi connectivity index (χ2v) is 8.16. The Kier molecular flexibility index (Phi) is 4.31. The predicted molar refractivity (Wildman–Crippen MR) is 96.4 cm³/mol. The smallest absolute Gasteiger partial charge is 0.0775 e. The van der Waals surface area contributed by atoms with E-state index in [-0.39, 0.29) is 15.9 Å². The van der Waals surface area contributed by atoms with Crippen molar-refractivity contribution in [1.29, 1.82) is 0 Å². The van der Waals surface area contributed by atoms with E-state index in [9.17, 15) is 0 Å². The second-order valence-electron chi connectivity index (χ2n) is 5.67. The van der Waals surface area contributed by atoms with Crippen molar-refractivity contribution in [2.45, 2.75) is 29.3 Å². The summed E-state index contributed by atoms with van der Waals surface area (Å²) < 4.78 is 0. The van der Waals surface area contributed by atoms with Gasteiger partial charge in [-0.25, -0.2) is 0 Å². The monoisotopic (exact) mass is 332 g/mol. The molecular formula is C17H15BCl2S. The fourth-order valence-electron chi connectivity index (χ4n) is 2.52. The van der Waals surface area contributed by atoms with Gasteiger partial charge in [-0.3, -0.25) is 0 Å². The van der Waals surface area contributed by atoms with Crippen molar-refractivity contribution in [3.05, 3.63) is 64.7 Å². The van der Waals surface area contributed by atoms with Crippen LogP contribution < -0.4 is 0 Å². The third kappa shape index (κ3) is 3.44. The highest BCUT2D eigenvalue weighted by molar-refractivity contribution is 8.09. The highest BCUT2D eigenvalue weighted by atomic mass is 35.5. The third-order valence-corrected chi connectivity index (χ3v) is 5.76. The highest BCUT2D eigenvalue weighted by Gasteiger charge is 2.30. The van der Waals surface area contributed by atoms with Crippen molar-refractivity contribution in [3.63, 3.8) is 0 Å². The predicted octanol–water partition coefficient (Wildman–Crippen LogP) is 5.64. The Bertz CT molecular complexity index is 629. The van der Waals surface area contributed by atoms with Gasteiger partial charge in [-0.2, -0.15) is 0 Å². The van der Waals surface area contributed by atoms with Crippen LogP contribution in [-0.4, -0.2) is 18.0 Å². The van der Waals surface area contributed by atoms with Gasteiger partial charge in [0.2, 0.25) is 0 Å². The van der Waals surface area contributed by atoms with Crippen LogP contribution in [0.5, 0.6) is 0 Å². The molecule has 3 unspecified atom stereocenters. The van der Waals surface area contributed by atoms with Crippen molar-refractivity contribution >= 4 is 47.7 Å². The molecule has 2 aliphatic rings. The van der Waals surface area contributed by atoms with Crippen molar-refractivity contribution < 1.29 is 0 Å². The summed E-state index contributed by atoms with van der Waals surface area (Å²) >= 11 is 14.1. The molecule has 1 aliphatic carbocycles. The minimum Gasteiger partial charge on any atom is -0.118 e. The molecule has 1 heterocycles. The van der Waals surface area contributed by atoms with Crippen LogP contribution in [0.25, 0.3) is 4.91 Å². The molecular weight excluding hydrogens is 318 g/mol. The average Bonchev–Trinajstić information content (AvgIpc) is 2.82. The summed E-state index contributed by atoms with van der Waals surface area (Å²) in [7, 11) is 6.30. The summed E-state index contributed by atoms with van der Waals surface area (Å²) in [4.78, 5) is 0.959. The number of thioether (sulfide) groups is 1. The zero-order chi connectivity index (χ0) is 15.0. The van der Waals surface area contributed by atoms with Gasteiger partial charge in [-0.1, -0.05) is 48.0 Å². The summed E-state index contributed by atoms with van der Waals surface area (Å²) in [5, 5.41) is 1.02. The zero-order valence-electron chi connectivity index (χ0n) is 11.7. The molecule has 0 bridgehead atoms. The standard InChI is InChI=1S/C17H15BCl2S/c1-17(20)8-6-12(7-9-17)16-14(18)10-15(21-16)11-2-4-13(19)5-3-11/h2-8,10,14,16H,9H2,1H3. The molecule has 0 aromatic heterocycles. The molecule has 0 saturated heterocycles. The number of rotatable bonds is 2. The molecule has 4 heteroatoms. The lowest BCUT2D eigenvalue weighted by Crippen LogP contribution is -2.18. The fraction of sp³-hybridized carbons (Fsp3) is 0.294. The van der Waals surface area contributed by atoms with E-state index in [1.165, 1.54) is 16.0 Å². The Morgan fingerprint density at radius 3 is 2.62 bits per heavy atom. The summed E-state index contributed by atoms with van der Waals surface area (Å²) in [6.45, 7) is 2.03. The van der Waals surface area contributed by atoms with Crippen molar-refractivity contribution in [3.8, 4) is 0 Å². The van der Waals surface area contributed by atoms with Crippen LogP contribution >= 0.6 is 35.0 Å². The maximum absolute atomic E-state index is 6.32. The number of hydrogen-bond acceptors (Lipinski definition) is 1. The SMILES string of the molecule is [B]C1C=C(c2ccc(Cl)cc2)SC1C1=CCC(C)(Cl)C=C1. The minimum atomic E-state index is -0.261. The van der Waals surface area contributed by atoms with E-state index in [4.69, 9.17) is 31.0 Å². The van der Waals surface area contributed by atoms with E-state index in [0.29, 0.717) is 0 Å². The van der Waals surface area contributed by atoms with Gasteiger partial charge in [-0.05, 0) is 42.4 Å². The molecule has 106 valence electrons. The number of hydrogen-bond donors (Lipinski definition) is 0. The van der Waals surface area contributed by atoms with Crippen LogP contribution in [0, 0.1) is 0 Å². The lowest BCUT2D eigenvalue weighted by Gasteiger charge is -2.25. The van der Waals surface area contributed by atoms with Gasteiger partial charge in [-0.15, -0.1) is 23.4 Å². The lowest BCUT2D eigenvalue weighted by molar-refractivity contribution is 0.770. The van der Waals surface area contributed by atoms with Crippen LogP contribution in [0.2, 0.25) is 10.8 Å². The van der Waals surface area contributed by atoms with Gasteiger partial charge in [0.1, 0.15) is 0 Å². The first-order chi connectivity index (χ1) is 9.94. The summed E-state index contributed by atoms with van der Waals surface area (Å²) in [5.41, 5.74) is 2.44. The maximum Gasteiger partial charge on any atom is 0.0775 e. The average molecular weight is 333 g/mol. The van der Waals surface area contributed by atoms with Gasteiger partial charge >= 0.3 is 0 Å². The van der Waals surface area contributed by atoms with E-state index in [2.05, 4.69) is 24.3 Å². The number of benzene rings is 1. The Balaban J connectivity index is 1.77. The van der Waals surface area contributed by atoms with Crippen LogP contribution in [0.1, 0.15) is 18.9 Å². The van der Waals surface area contributed by atoms with Gasteiger partial charge in [0.25, 0.3) is 0 Å². The van der Waals surface area contributed by atoms with Crippen LogP contribution in [0.3, 0.4) is 0 Å². The largest absolute Gasteiger partial charge is 0.118 e. The summed E-state index contributed by atoms with van der Waals surface area (Å²) in [6.07, 6.45) is 9.38. The minimum absolute atomic E-state index is 0.0243. The lowest BCUT2D eigenvalue weighted by atomic mass is 9.79. The number of allylic oxidation sites excluding steroid dienone is 4. The van der Waals surface area contributed by atoms with Crippen molar-refractivity contribution in [2.24, 2.45) is 0 Å². The molecule has 1 aromatic carbocycles. The molecule has 0 nitrogen and oxygen atoms in total. The van der Waals surface area contributed by atoms with Gasteiger partial charge in [0.05, 0.1) is 12.7 Å². The first kappa shape index (κ1) is 15.3. The molecule has 1 aromatic rings. The molecule has 0 amide bonds. The Morgan fingerprint density at radius 1 is 1.29 bits per heavy atom. The first-order valence-electron chi connectivity index (χ1n) is 6.93. The van der Waals surface area contributed by atoms with Crippen molar-refractivity contribution in [1.82, 2.24) is 0 Å². The van der Waals surface area contributed by atoms with E-state index in [0.717, 1.165) is 11.4 Å². The van der Waals surface area contributed by atoms with E-state index in [1.807, 2.05) is 43.0 Å². The Hall–Kier alpha value is -0.565. The normalized spacial score (nSPS) is 32.0. The molecule has 2 radical (unpaired) electrons. The van der Waals surface area contributed by atoms with Crippen LogP contribution in [0.4, 0.5) is 0 Å². The topological polar surface area (TPSA) is 0 Å². The van der Waals surface area contributed by atoms with Gasteiger partial charge in [0.15, 0.2) is 0 Å². The molecule has 3 atom stereocenters. The second kappa shape index (κ2) is 5.91. The molecule has 1 aliphatic heterocycles. The molecule has 0 spiro atoms. The fourth-order valence-corrected chi connectivity index (χ4v) is 4.11. The quantitative estimate of drug-likeness (QED) is 0.499. The Morgan fingerprint density at radius 2 is 2.00 bits per heavy atom. The van der Waals surface area contributed by atoms with Crippen LogP contribution in [-0.2, 0) is 0 Å². The van der Waals surface area contributed by atoms with E-state index < -0.39 is 0 Å². The van der Waals surface area contributed by atoms with E-state index in [1.54, 1.807) is 0 Å². The molecule has 0 saturated carbocycles. The van der Waals surface area contributed by atoms with Crippen LogP contribution in [0.15, 0.2) is 54.1 Å². The summed E-state index contributed by atoms with van der Waals surface area (Å²) in [5.74, 6) is 0.0243. The van der Waals surface area contributed by atoms with E-state index >= 15 is 0 Å². The third-order valence-electron chi connectivity index (χ3n) is 3.76. The highest BCUT2D eigenvalue weighted by Crippen LogP contribution is 2.48. The van der Waals surface area contributed by atoms with Crippen molar-refractivity contribution in [2.75, 3.05) is 0 Å². The Labute approximate surface area is 141 Å². The molecule has 0 N–H and O–H groups in total. The maximum atomic E-state index is 6.32.